The lowest BCUT2D eigenvalue weighted by atomic mass is 10.0. The summed E-state index contributed by atoms with van der Waals surface area (Å²) in [4.78, 5) is 27.1. The summed E-state index contributed by atoms with van der Waals surface area (Å²) in [6, 6.07) is 0. The maximum atomic E-state index is 12.6. The van der Waals surface area contributed by atoms with E-state index in [0.29, 0.717) is 32.2 Å². The molecule has 262 valence electrons. The smallest absolute Gasteiger partial charge is 0.306 e. The third-order valence-corrected chi connectivity index (χ3v) is 13.5. The van der Waals surface area contributed by atoms with Gasteiger partial charge in [0, 0.05) is 32.2 Å². The van der Waals surface area contributed by atoms with Crippen LogP contribution in [-0.4, -0.2) is 44.0 Å². The highest BCUT2D eigenvalue weighted by Gasteiger charge is 2.17. The van der Waals surface area contributed by atoms with E-state index in [-0.39, 0.29) is 24.6 Å². The molecule has 0 aromatic heterocycles. The standard InChI is InChI=1S/C36H66Br4O4/c1-4-5-6-7-8-9-10-11-14-19-24-32(44-36(42)28-23-18-13-16-21-26-34(40)31(3)38)29-43-35(41)27-22-17-12-15-20-25-33(39)30(2)37/h30-34H,4-29H2,1-3H3. The molecule has 0 aliphatic heterocycles. The summed E-state index contributed by atoms with van der Waals surface area (Å²) in [5.74, 6) is -0.311. The zero-order valence-electron chi connectivity index (χ0n) is 28.4. The largest absolute Gasteiger partial charge is 0.462 e. The number of carbonyl (C=O) groups excluding carboxylic acids is 2. The van der Waals surface area contributed by atoms with Crippen molar-refractivity contribution in [2.45, 2.75) is 207 Å². The second-order valence-electron chi connectivity index (χ2n) is 12.8. The molecule has 0 N–H and O–H groups in total. The van der Waals surface area contributed by atoms with Crippen molar-refractivity contribution in [2.24, 2.45) is 0 Å². The molecule has 0 heterocycles. The van der Waals surface area contributed by atoms with Crippen LogP contribution in [0.3, 0.4) is 0 Å². The first kappa shape index (κ1) is 44.9. The van der Waals surface area contributed by atoms with E-state index in [2.05, 4.69) is 84.5 Å². The van der Waals surface area contributed by atoms with Gasteiger partial charge in [-0.15, -0.1) is 0 Å². The molecule has 0 saturated heterocycles. The van der Waals surface area contributed by atoms with Gasteiger partial charge < -0.3 is 9.47 Å². The summed E-state index contributed by atoms with van der Waals surface area (Å²) in [7, 11) is 0. The highest BCUT2D eigenvalue weighted by molar-refractivity contribution is 9.12. The van der Waals surface area contributed by atoms with Gasteiger partial charge in [0.05, 0.1) is 0 Å². The van der Waals surface area contributed by atoms with Crippen LogP contribution in [0.2, 0.25) is 0 Å². The van der Waals surface area contributed by atoms with Crippen LogP contribution in [0.1, 0.15) is 181 Å². The Bertz CT molecular complexity index is 662. The minimum Gasteiger partial charge on any atom is -0.462 e. The molecule has 0 bridgehead atoms. The van der Waals surface area contributed by atoms with Crippen LogP contribution < -0.4 is 0 Å². The fraction of sp³-hybridized carbons (Fsp3) is 0.944. The highest BCUT2D eigenvalue weighted by atomic mass is 79.9. The topological polar surface area (TPSA) is 52.6 Å². The maximum absolute atomic E-state index is 12.6. The van der Waals surface area contributed by atoms with Crippen LogP contribution in [0, 0.1) is 0 Å². The lowest BCUT2D eigenvalue weighted by molar-refractivity contribution is -0.159. The molecule has 44 heavy (non-hydrogen) atoms. The Morgan fingerprint density at radius 3 is 1.30 bits per heavy atom. The van der Waals surface area contributed by atoms with Crippen molar-refractivity contribution in [1.82, 2.24) is 0 Å². The molecule has 0 amide bonds. The first-order valence-electron chi connectivity index (χ1n) is 18.1. The number of hydrogen-bond donors (Lipinski definition) is 0. The van der Waals surface area contributed by atoms with Crippen molar-refractivity contribution in [1.29, 1.82) is 0 Å². The van der Waals surface area contributed by atoms with Crippen LogP contribution in [-0.2, 0) is 19.1 Å². The Morgan fingerprint density at radius 2 is 0.864 bits per heavy atom. The van der Waals surface area contributed by atoms with Gasteiger partial charge >= 0.3 is 11.9 Å². The molecular formula is C36H66Br4O4. The molecule has 0 aromatic carbocycles. The van der Waals surface area contributed by atoms with E-state index in [1.165, 1.54) is 89.9 Å². The Morgan fingerprint density at radius 1 is 0.500 bits per heavy atom. The van der Waals surface area contributed by atoms with E-state index in [9.17, 15) is 9.59 Å². The summed E-state index contributed by atoms with van der Waals surface area (Å²) < 4.78 is 11.4. The number of ether oxygens (including phenoxy) is 2. The molecule has 0 rings (SSSR count). The Balaban J connectivity index is 4.30. The van der Waals surface area contributed by atoms with Gasteiger partial charge in [-0.25, -0.2) is 0 Å². The van der Waals surface area contributed by atoms with E-state index >= 15 is 0 Å². The predicted molar refractivity (Wildman–Crippen MR) is 204 cm³/mol. The molecule has 0 aromatic rings. The molecule has 5 unspecified atom stereocenters. The van der Waals surface area contributed by atoms with E-state index in [4.69, 9.17) is 9.47 Å². The molecule has 8 heteroatoms. The van der Waals surface area contributed by atoms with Crippen molar-refractivity contribution in [3.8, 4) is 0 Å². The number of alkyl halides is 4. The van der Waals surface area contributed by atoms with Crippen LogP contribution in [0.5, 0.6) is 0 Å². The Labute approximate surface area is 306 Å². The minimum atomic E-state index is -0.323. The third-order valence-electron chi connectivity index (χ3n) is 8.33. The quantitative estimate of drug-likeness (QED) is 0.0384. The first-order valence-corrected chi connectivity index (χ1v) is 21.7. The predicted octanol–water partition coefficient (Wildman–Crippen LogP) is 13.3. The fourth-order valence-corrected chi connectivity index (χ4v) is 6.45. The van der Waals surface area contributed by atoms with Crippen molar-refractivity contribution in [3.05, 3.63) is 0 Å². The summed E-state index contributed by atoms with van der Waals surface area (Å²) in [6.45, 7) is 6.79. The molecule has 0 aliphatic rings. The highest BCUT2D eigenvalue weighted by Crippen LogP contribution is 2.22. The number of halogens is 4. The van der Waals surface area contributed by atoms with Gasteiger partial charge in [0.1, 0.15) is 12.7 Å². The molecule has 0 saturated carbocycles. The molecular weight excluding hydrogens is 816 g/mol. The van der Waals surface area contributed by atoms with Crippen molar-refractivity contribution in [2.75, 3.05) is 6.61 Å². The summed E-state index contributed by atoms with van der Waals surface area (Å²) in [5.41, 5.74) is 0. The van der Waals surface area contributed by atoms with Gasteiger partial charge in [-0.3, -0.25) is 9.59 Å². The summed E-state index contributed by atoms with van der Waals surface area (Å²) in [5, 5.41) is 0. The molecule has 5 atom stereocenters. The van der Waals surface area contributed by atoms with Gasteiger partial charge in [-0.05, 0) is 38.5 Å². The van der Waals surface area contributed by atoms with Crippen molar-refractivity contribution < 1.29 is 19.1 Å². The van der Waals surface area contributed by atoms with Gasteiger partial charge in [-0.2, -0.15) is 0 Å². The fourth-order valence-electron chi connectivity index (χ4n) is 5.28. The summed E-state index contributed by atoms with van der Waals surface area (Å²) >= 11 is 14.7. The second kappa shape index (κ2) is 32.4. The van der Waals surface area contributed by atoms with Crippen LogP contribution >= 0.6 is 63.7 Å². The van der Waals surface area contributed by atoms with E-state index in [0.717, 1.165) is 57.8 Å². The average Bonchev–Trinajstić information content (AvgIpc) is 2.99. The SMILES string of the molecule is CCCCCCCCCCCCC(COC(=O)CCCCCCCC(Br)C(C)Br)OC(=O)CCCCCCCC(Br)C(C)Br. The van der Waals surface area contributed by atoms with Gasteiger partial charge in [-0.1, -0.05) is 194 Å². The molecule has 4 nitrogen and oxygen atoms in total. The number of rotatable bonds is 32. The number of esters is 2. The van der Waals surface area contributed by atoms with Crippen LogP contribution in [0.25, 0.3) is 0 Å². The lowest BCUT2D eigenvalue weighted by Gasteiger charge is -2.18. The van der Waals surface area contributed by atoms with Gasteiger partial charge in [0.25, 0.3) is 0 Å². The Hall–Kier alpha value is 0.860. The number of hydrogen-bond acceptors (Lipinski definition) is 4. The van der Waals surface area contributed by atoms with E-state index in [1.54, 1.807) is 0 Å². The van der Waals surface area contributed by atoms with Crippen molar-refractivity contribution >= 4 is 75.7 Å². The second-order valence-corrected chi connectivity index (χ2v) is 18.0. The monoisotopic (exact) mass is 878 g/mol. The molecule has 0 radical (unpaired) electrons. The Kier molecular flexibility index (Phi) is 33.0. The van der Waals surface area contributed by atoms with Gasteiger partial charge in [0.15, 0.2) is 0 Å². The van der Waals surface area contributed by atoms with E-state index < -0.39 is 0 Å². The molecule has 0 aliphatic carbocycles. The lowest BCUT2D eigenvalue weighted by Crippen LogP contribution is -2.25. The number of carbonyl (C=O) groups is 2. The molecule has 0 fully saturated rings. The van der Waals surface area contributed by atoms with Gasteiger partial charge in [0.2, 0.25) is 0 Å². The maximum Gasteiger partial charge on any atom is 0.306 e. The summed E-state index contributed by atoms with van der Waals surface area (Å²) in [6.07, 6.45) is 27.3. The van der Waals surface area contributed by atoms with Crippen molar-refractivity contribution in [3.63, 3.8) is 0 Å². The minimum absolute atomic E-state index is 0.146. The number of unbranched alkanes of at least 4 members (excludes halogenated alkanes) is 17. The zero-order valence-corrected chi connectivity index (χ0v) is 34.8. The normalized spacial score (nSPS) is 15.0. The first-order chi connectivity index (χ1) is 21.2. The zero-order chi connectivity index (χ0) is 32.8. The third kappa shape index (κ3) is 30.2. The van der Waals surface area contributed by atoms with E-state index in [1.807, 2.05) is 0 Å². The van der Waals surface area contributed by atoms with Crippen LogP contribution in [0.15, 0.2) is 0 Å². The molecule has 0 spiro atoms. The van der Waals surface area contributed by atoms with Crippen LogP contribution in [0.4, 0.5) is 0 Å². The average molecular weight is 883 g/mol.